The molecule has 0 aromatic rings. The van der Waals surface area contributed by atoms with Crippen molar-refractivity contribution in [1.82, 2.24) is 16.2 Å². The van der Waals surface area contributed by atoms with E-state index < -0.39 is 0 Å². The second-order valence-electron chi connectivity index (χ2n) is 3.39. The minimum Gasteiger partial charge on any atom is -0.354 e. The number of rotatable bonds is 3. The minimum absolute atomic E-state index is 0.0294. The highest BCUT2D eigenvalue weighted by molar-refractivity contribution is 5.73. The Morgan fingerprint density at radius 2 is 2.18 bits per heavy atom. The molecule has 0 spiro atoms. The molecule has 0 aromatic heterocycles. The molecule has 4 heteroatoms. The molecule has 1 amide bonds. The van der Waals surface area contributed by atoms with Crippen LogP contribution < -0.4 is 16.2 Å². The first-order valence-electron chi connectivity index (χ1n) is 3.83. The number of hydrogen-bond acceptors (Lipinski definition) is 3. The van der Waals surface area contributed by atoms with Crippen molar-refractivity contribution in [2.75, 3.05) is 0 Å². The zero-order valence-corrected chi connectivity index (χ0v) is 7.19. The van der Waals surface area contributed by atoms with Gasteiger partial charge in [-0.25, -0.2) is 10.9 Å². The highest BCUT2D eigenvalue weighted by Gasteiger charge is 2.37. The molecule has 1 atom stereocenters. The Balaban J connectivity index is 2.20. The van der Waals surface area contributed by atoms with Crippen LogP contribution in [0, 0.1) is 0 Å². The van der Waals surface area contributed by atoms with E-state index in [9.17, 15) is 4.79 Å². The average molecular weight is 157 g/mol. The Morgan fingerprint density at radius 3 is 2.55 bits per heavy atom. The molecule has 0 saturated carbocycles. The van der Waals surface area contributed by atoms with Crippen molar-refractivity contribution >= 4 is 5.91 Å². The van der Waals surface area contributed by atoms with Crippen LogP contribution in [-0.2, 0) is 4.79 Å². The Bertz CT molecular complexity index is 165. The first-order valence-corrected chi connectivity index (χ1v) is 3.83. The highest BCUT2D eigenvalue weighted by atomic mass is 16.1. The summed E-state index contributed by atoms with van der Waals surface area (Å²) in [5, 5.41) is 2.82. The van der Waals surface area contributed by atoms with E-state index in [-0.39, 0.29) is 17.6 Å². The molecule has 0 radical (unpaired) electrons. The van der Waals surface area contributed by atoms with Gasteiger partial charge in [0.15, 0.2) is 0 Å². The molecule has 1 unspecified atom stereocenters. The van der Waals surface area contributed by atoms with Crippen LogP contribution in [0.4, 0.5) is 0 Å². The van der Waals surface area contributed by atoms with Crippen molar-refractivity contribution in [1.29, 1.82) is 0 Å². The monoisotopic (exact) mass is 157 g/mol. The van der Waals surface area contributed by atoms with Gasteiger partial charge >= 0.3 is 0 Å². The predicted molar refractivity (Wildman–Crippen MR) is 42.6 cm³/mol. The Kier molecular flexibility index (Phi) is 2.15. The van der Waals surface area contributed by atoms with Gasteiger partial charge in [0, 0.05) is 19.4 Å². The third-order valence-electron chi connectivity index (χ3n) is 1.72. The summed E-state index contributed by atoms with van der Waals surface area (Å²) < 4.78 is 0. The Labute approximate surface area is 66.7 Å². The Hall–Kier alpha value is -0.610. The van der Waals surface area contributed by atoms with Crippen molar-refractivity contribution < 1.29 is 4.79 Å². The molecule has 64 valence electrons. The molecule has 1 heterocycles. The number of amides is 1. The lowest BCUT2D eigenvalue weighted by molar-refractivity contribution is -0.119. The van der Waals surface area contributed by atoms with Crippen molar-refractivity contribution in [3.05, 3.63) is 0 Å². The maximum absolute atomic E-state index is 10.6. The minimum atomic E-state index is 0.0294. The zero-order chi connectivity index (χ0) is 8.48. The summed E-state index contributed by atoms with van der Waals surface area (Å²) in [6, 6.07) is 0.222. The third-order valence-corrected chi connectivity index (χ3v) is 1.72. The average Bonchev–Trinajstić information content (AvgIpc) is 2.44. The third kappa shape index (κ3) is 2.86. The molecule has 0 aromatic carbocycles. The number of carbonyl (C=O) groups is 1. The number of hydrazine groups is 1. The maximum atomic E-state index is 10.6. The molecular formula is C7H15N3O. The van der Waals surface area contributed by atoms with E-state index in [4.69, 9.17) is 0 Å². The summed E-state index contributed by atoms with van der Waals surface area (Å²) in [4.78, 5) is 10.6. The number of hydrogen-bond donors (Lipinski definition) is 3. The van der Waals surface area contributed by atoms with E-state index in [1.807, 2.05) is 6.92 Å². The van der Waals surface area contributed by atoms with Crippen molar-refractivity contribution in [3.63, 3.8) is 0 Å². The molecule has 1 saturated heterocycles. The molecular weight excluding hydrogens is 142 g/mol. The van der Waals surface area contributed by atoms with Gasteiger partial charge in [-0.2, -0.15) is 0 Å². The van der Waals surface area contributed by atoms with Crippen LogP contribution in [0.2, 0.25) is 0 Å². The molecule has 1 aliphatic rings. The van der Waals surface area contributed by atoms with Crippen LogP contribution >= 0.6 is 0 Å². The van der Waals surface area contributed by atoms with Gasteiger partial charge in [0.1, 0.15) is 0 Å². The fourth-order valence-corrected chi connectivity index (χ4v) is 1.22. The smallest absolute Gasteiger partial charge is 0.217 e. The van der Waals surface area contributed by atoms with Gasteiger partial charge in [-0.05, 0) is 13.8 Å². The van der Waals surface area contributed by atoms with E-state index in [2.05, 4.69) is 23.1 Å². The van der Waals surface area contributed by atoms with Gasteiger partial charge in [0.2, 0.25) is 5.91 Å². The summed E-state index contributed by atoms with van der Waals surface area (Å²) >= 11 is 0. The Morgan fingerprint density at radius 1 is 1.64 bits per heavy atom. The van der Waals surface area contributed by atoms with E-state index in [0.717, 1.165) is 6.42 Å². The number of carbonyl (C=O) groups excluding carboxylic acids is 1. The van der Waals surface area contributed by atoms with E-state index in [1.165, 1.54) is 6.92 Å². The molecule has 0 bridgehead atoms. The van der Waals surface area contributed by atoms with Crippen LogP contribution in [0.5, 0.6) is 0 Å². The van der Waals surface area contributed by atoms with Gasteiger partial charge in [-0.1, -0.05) is 0 Å². The highest BCUT2D eigenvalue weighted by Crippen LogP contribution is 2.15. The molecule has 1 rings (SSSR count). The SMILES string of the molecule is CC(=O)NC(C)CC1(C)NN1. The molecule has 0 aliphatic carbocycles. The quantitative estimate of drug-likeness (QED) is 0.493. The topological polar surface area (TPSA) is 73.0 Å². The van der Waals surface area contributed by atoms with Gasteiger partial charge < -0.3 is 5.32 Å². The second kappa shape index (κ2) is 2.79. The normalized spacial score (nSPS) is 22.5. The zero-order valence-electron chi connectivity index (χ0n) is 7.19. The largest absolute Gasteiger partial charge is 0.354 e. The molecule has 1 aliphatic heterocycles. The summed E-state index contributed by atoms with van der Waals surface area (Å²) in [5.41, 5.74) is 6.07. The van der Waals surface area contributed by atoms with Crippen LogP contribution in [0.1, 0.15) is 27.2 Å². The van der Waals surface area contributed by atoms with Crippen LogP contribution in [0.3, 0.4) is 0 Å². The summed E-state index contributed by atoms with van der Waals surface area (Å²) in [6.07, 6.45) is 0.909. The number of nitrogens with one attached hydrogen (secondary N) is 3. The fourth-order valence-electron chi connectivity index (χ4n) is 1.22. The summed E-state index contributed by atoms with van der Waals surface area (Å²) in [6.45, 7) is 5.59. The van der Waals surface area contributed by atoms with Gasteiger partial charge in [-0.3, -0.25) is 4.79 Å². The predicted octanol–water partition coefficient (Wildman–Crippen LogP) is -0.275. The van der Waals surface area contributed by atoms with Crippen molar-refractivity contribution in [2.24, 2.45) is 0 Å². The molecule has 11 heavy (non-hydrogen) atoms. The maximum Gasteiger partial charge on any atom is 0.217 e. The lowest BCUT2D eigenvalue weighted by atomic mass is 10.1. The first kappa shape index (κ1) is 8.49. The van der Waals surface area contributed by atoms with Crippen LogP contribution in [0.15, 0.2) is 0 Å². The lowest BCUT2D eigenvalue weighted by Crippen LogP contribution is -2.35. The fraction of sp³-hybridized carbons (Fsp3) is 0.857. The van der Waals surface area contributed by atoms with Gasteiger partial charge in [0.05, 0.1) is 5.66 Å². The second-order valence-corrected chi connectivity index (χ2v) is 3.39. The molecule has 1 fully saturated rings. The van der Waals surface area contributed by atoms with Gasteiger partial charge in [0.25, 0.3) is 0 Å². The van der Waals surface area contributed by atoms with Crippen molar-refractivity contribution in [2.45, 2.75) is 38.9 Å². The lowest BCUT2D eigenvalue weighted by Gasteiger charge is -2.14. The molecule has 3 N–H and O–H groups in total. The van der Waals surface area contributed by atoms with Crippen LogP contribution in [0.25, 0.3) is 0 Å². The van der Waals surface area contributed by atoms with Gasteiger partial charge in [-0.15, -0.1) is 0 Å². The summed E-state index contributed by atoms with van der Waals surface area (Å²) in [5.74, 6) is 0.0294. The molecule has 4 nitrogen and oxygen atoms in total. The van der Waals surface area contributed by atoms with E-state index in [1.54, 1.807) is 0 Å². The standard InChI is InChI=1S/C7H15N3O/c1-5(8-6(2)11)4-7(3)9-10-7/h5,9-10H,4H2,1-3H3,(H,8,11). The first-order chi connectivity index (χ1) is 5.02. The van der Waals surface area contributed by atoms with Crippen LogP contribution in [-0.4, -0.2) is 17.6 Å². The van der Waals surface area contributed by atoms with Crippen molar-refractivity contribution in [3.8, 4) is 0 Å². The van der Waals surface area contributed by atoms with E-state index >= 15 is 0 Å². The summed E-state index contributed by atoms with van der Waals surface area (Å²) in [7, 11) is 0. The van der Waals surface area contributed by atoms with E-state index in [0.29, 0.717) is 0 Å².